The molecule has 4 atom stereocenters. The molecule has 4 nitrogen and oxygen atoms in total. The van der Waals surface area contributed by atoms with Gasteiger partial charge in [0.05, 0.1) is 12.1 Å². The van der Waals surface area contributed by atoms with Crippen molar-refractivity contribution in [3.8, 4) is 0 Å². The minimum atomic E-state index is 0.0928. The van der Waals surface area contributed by atoms with Gasteiger partial charge in [-0.15, -0.1) is 8.58 Å². The Bertz CT molecular complexity index is 1250. The third-order valence-electron chi connectivity index (χ3n) is 7.05. The van der Waals surface area contributed by atoms with Crippen LogP contribution in [0.1, 0.15) is 46.4 Å². The van der Waals surface area contributed by atoms with Crippen molar-refractivity contribution in [2.75, 3.05) is 12.3 Å². The third kappa shape index (κ3) is 5.35. The van der Waals surface area contributed by atoms with E-state index in [-0.39, 0.29) is 24.2 Å². The van der Waals surface area contributed by atoms with Crippen LogP contribution in [-0.2, 0) is 0 Å². The summed E-state index contributed by atoms with van der Waals surface area (Å²) in [5, 5.41) is 7.49. The lowest BCUT2D eigenvalue weighted by Gasteiger charge is -2.20. The summed E-state index contributed by atoms with van der Waals surface area (Å²) in [5.41, 5.74) is 5.05. The molecule has 37 heavy (non-hydrogen) atoms. The number of benzene rings is 4. The average Bonchev–Trinajstić information content (AvgIpc) is 3.60. The van der Waals surface area contributed by atoms with E-state index in [0.717, 1.165) is 24.0 Å². The van der Waals surface area contributed by atoms with Crippen LogP contribution in [-0.4, -0.2) is 24.0 Å². The summed E-state index contributed by atoms with van der Waals surface area (Å²) in [6.07, 6.45) is 1.86. The van der Waals surface area contributed by atoms with E-state index in [1.807, 2.05) is 0 Å². The molecule has 0 amide bonds. The molecule has 4 aromatic rings. The van der Waals surface area contributed by atoms with Crippen LogP contribution in [0.15, 0.2) is 131 Å². The SMILES string of the molecule is c1ccc(C2N=C(CPCC3=NC(c4ccccc4)C(c4ccccc4)N3)NC2c2ccccc2)cc1. The molecule has 4 unspecified atom stereocenters. The summed E-state index contributed by atoms with van der Waals surface area (Å²) in [5.74, 6) is 2.19. The highest BCUT2D eigenvalue weighted by molar-refractivity contribution is 7.40. The fraction of sp³-hybridized carbons (Fsp3) is 0.188. The number of nitrogens with one attached hydrogen (secondary N) is 2. The summed E-state index contributed by atoms with van der Waals surface area (Å²) in [4.78, 5) is 10.3. The van der Waals surface area contributed by atoms with Crippen molar-refractivity contribution in [1.29, 1.82) is 0 Å². The Morgan fingerprint density at radius 1 is 0.459 bits per heavy atom. The highest BCUT2D eigenvalue weighted by atomic mass is 31.1. The van der Waals surface area contributed by atoms with Gasteiger partial charge in [-0.3, -0.25) is 9.98 Å². The van der Waals surface area contributed by atoms with Crippen LogP contribution < -0.4 is 10.6 Å². The lowest BCUT2D eigenvalue weighted by atomic mass is 9.95. The van der Waals surface area contributed by atoms with Crippen LogP contribution in [0.2, 0.25) is 0 Å². The second kappa shape index (κ2) is 11.1. The van der Waals surface area contributed by atoms with Gasteiger partial charge in [-0.05, 0) is 22.3 Å². The first-order chi connectivity index (χ1) is 18.3. The maximum Gasteiger partial charge on any atom is 0.102 e. The molecule has 0 saturated heterocycles. The summed E-state index contributed by atoms with van der Waals surface area (Å²) >= 11 is 0. The topological polar surface area (TPSA) is 48.8 Å². The molecule has 2 N–H and O–H groups in total. The van der Waals surface area contributed by atoms with Crippen molar-refractivity contribution < 1.29 is 0 Å². The Morgan fingerprint density at radius 3 is 1.14 bits per heavy atom. The van der Waals surface area contributed by atoms with Crippen molar-refractivity contribution in [1.82, 2.24) is 10.6 Å². The zero-order valence-corrected chi connectivity index (χ0v) is 21.7. The molecule has 2 aliphatic rings. The highest BCUT2D eigenvalue weighted by Crippen LogP contribution is 2.38. The maximum atomic E-state index is 5.16. The number of nitrogens with zero attached hydrogens (tertiary/aromatic N) is 2. The van der Waals surface area contributed by atoms with E-state index in [1.54, 1.807) is 0 Å². The minimum Gasteiger partial charge on any atom is -0.364 e. The molecule has 0 fully saturated rings. The molecule has 0 bridgehead atoms. The summed E-state index contributed by atoms with van der Waals surface area (Å²) in [7, 11) is 0.703. The van der Waals surface area contributed by atoms with Gasteiger partial charge in [0.15, 0.2) is 0 Å². The van der Waals surface area contributed by atoms with Crippen molar-refractivity contribution in [3.05, 3.63) is 144 Å². The van der Waals surface area contributed by atoms with Crippen LogP contribution in [0.5, 0.6) is 0 Å². The predicted molar refractivity (Wildman–Crippen MR) is 156 cm³/mol. The van der Waals surface area contributed by atoms with Crippen molar-refractivity contribution >= 4 is 20.3 Å². The average molecular weight is 503 g/mol. The third-order valence-corrected chi connectivity index (χ3v) is 8.22. The zero-order valence-electron chi connectivity index (χ0n) is 20.7. The first kappa shape index (κ1) is 23.6. The Morgan fingerprint density at radius 2 is 0.784 bits per heavy atom. The van der Waals surface area contributed by atoms with Crippen molar-refractivity contribution in [3.63, 3.8) is 0 Å². The van der Waals surface area contributed by atoms with E-state index < -0.39 is 0 Å². The second-order valence-electron chi connectivity index (χ2n) is 9.53. The van der Waals surface area contributed by atoms with Crippen LogP contribution >= 0.6 is 8.58 Å². The van der Waals surface area contributed by atoms with Gasteiger partial charge in [0.1, 0.15) is 23.8 Å². The molecule has 2 aliphatic heterocycles. The van der Waals surface area contributed by atoms with Gasteiger partial charge in [-0.1, -0.05) is 121 Å². The van der Waals surface area contributed by atoms with Crippen LogP contribution in [0.25, 0.3) is 0 Å². The quantitative estimate of drug-likeness (QED) is 0.266. The van der Waals surface area contributed by atoms with E-state index in [9.17, 15) is 0 Å². The molecule has 0 radical (unpaired) electrons. The molecule has 0 aliphatic carbocycles. The molecule has 5 heteroatoms. The first-order valence-corrected chi connectivity index (χ1v) is 14.3. The number of aliphatic imine (C=N–C) groups is 2. The fourth-order valence-electron chi connectivity index (χ4n) is 5.26. The molecular weight excluding hydrogens is 471 g/mol. The normalized spacial score (nSPS) is 22.9. The van der Waals surface area contributed by atoms with Gasteiger partial charge in [-0.2, -0.15) is 0 Å². The molecule has 0 spiro atoms. The van der Waals surface area contributed by atoms with Gasteiger partial charge >= 0.3 is 0 Å². The minimum absolute atomic E-state index is 0.0928. The smallest absolute Gasteiger partial charge is 0.102 e. The molecule has 0 aromatic heterocycles. The Balaban J connectivity index is 1.15. The summed E-state index contributed by atoms with van der Waals surface area (Å²) in [6.45, 7) is 0. The first-order valence-electron chi connectivity index (χ1n) is 12.9. The van der Waals surface area contributed by atoms with Gasteiger partial charge in [0, 0.05) is 12.3 Å². The monoisotopic (exact) mass is 502 g/mol. The van der Waals surface area contributed by atoms with E-state index in [4.69, 9.17) is 9.98 Å². The van der Waals surface area contributed by atoms with Crippen LogP contribution in [0, 0.1) is 0 Å². The number of rotatable bonds is 8. The van der Waals surface area contributed by atoms with E-state index in [2.05, 4.69) is 132 Å². The Kier molecular flexibility index (Phi) is 7.10. The standard InChI is InChI=1S/C32H31N4P/c1-5-13-23(14-6-1)29-30(24-15-7-2-8-16-24)34-27(33-29)21-37-22-28-35-31(25-17-9-3-10-18-25)32(36-28)26-19-11-4-12-20-26/h1-20,29-32,37H,21-22H2,(H,33,34)(H,35,36). The lowest BCUT2D eigenvalue weighted by Crippen LogP contribution is -2.27. The Hall–Kier alpha value is -3.75. The van der Waals surface area contributed by atoms with E-state index in [0.29, 0.717) is 8.58 Å². The number of amidine groups is 2. The van der Waals surface area contributed by atoms with Crippen LogP contribution in [0.4, 0.5) is 0 Å². The van der Waals surface area contributed by atoms with Crippen molar-refractivity contribution in [2.45, 2.75) is 24.2 Å². The van der Waals surface area contributed by atoms with Gasteiger partial charge in [0.25, 0.3) is 0 Å². The number of hydrogen-bond acceptors (Lipinski definition) is 4. The second-order valence-corrected chi connectivity index (χ2v) is 10.7. The Labute approximate surface area is 220 Å². The molecule has 184 valence electrons. The van der Waals surface area contributed by atoms with Crippen LogP contribution in [0.3, 0.4) is 0 Å². The van der Waals surface area contributed by atoms with E-state index >= 15 is 0 Å². The fourth-order valence-corrected chi connectivity index (χ4v) is 6.24. The van der Waals surface area contributed by atoms with Crippen molar-refractivity contribution in [2.24, 2.45) is 9.98 Å². The molecule has 0 saturated carbocycles. The highest BCUT2D eigenvalue weighted by Gasteiger charge is 2.32. The zero-order chi connectivity index (χ0) is 24.9. The molecule has 6 rings (SSSR count). The van der Waals surface area contributed by atoms with Gasteiger partial charge in [0.2, 0.25) is 0 Å². The summed E-state index contributed by atoms with van der Waals surface area (Å²) < 4.78 is 0. The van der Waals surface area contributed by atoms with Gasteiger partial charge in [-0.25, -0.2) is 0 Å². The largest absolute Gasteiger partial charge is 0.364 e. The maximum absolute atomic E-state index is 5.16. The van der Waals surface area contributed by atoms with E-state index in [1.165, 1.54) is 22.3 Å². The van der Waals surface area contributed by atoms with Gasteiger partial charge < -0.3 is 10.6 Å². The molecular formula is C32H31N4P. The molecule has 2 heterocycles. The number of hydrogen-bond donors (Lipinski definition) is 2. The summed E-state index contributed by atoms with van der Waals surface area (Å²) in [6, 6.07) is 43.1. The molecule has 4 aromatic carbocycles. The predicted octanol–water partition coefficient (Wildman–Crippen LogP) is 6.63. The lowest BCUT2D eigenvalue weighted by molar-refractivity contribution is 0.572.